The van der Waals surface area contributed by atoms with Crippen molar-refractivity contribution in [3.8, 4) is 11.4 Å². The third kappa shape index (κ3) is 2.40. The highest BCUT2D eigenvalue weighted by atomic mass is 79.9. The molecule has 0 atom stereocenters. The lowest BCUT2D eigenvalue weighted by Gasteiger charge is -2.03. The molecule has 0 aliphatic rings. The van der Waals surface area contributed by atoms with E-state index in [1.54, 1.807) is 18.3 Å². The molecule has 0 amide bonds. The van der Waals surface area contributed by atoms with Gasteiger partial charge in [0.1, 0.15) is 0 Å². The minimum absolute atomic E-state index is 0.407. The molecule has 0 aliphatic heterocycles. The van der Waals surface area contributed by atoms with Crippen LogP contribution in [-0.4, -0.2) is 9.97 Å². The van der Waals surface area contributed by atoms with Crippen LogP contribution in [0.25, 0.3) is 11.4 Å². The summed E-state index contributed by atoms with van der Waals surface area (Å²) in [5.74, 6) is 0.653. The highest BCUT2D eigenvalue weighted by Gasteiger charge is 2.04. The zero-order chi connectivity index (χ0) is 11.5. The van der Waals surface area contributed by atoms with E-state index >= 15 is 0 Å². The Bertz CT molecular complexity index is 516. The van der Waals surface area contributed by atoms with E-state index in [0.29, 0.717) is 17.4 Å². The SMILES string of the molecule is NCc1ccnc(-c2ccc(Cl)c(Br)c2)n1. The van der Waals surface area contributed by atoms with Gasteiger partial charge < -0.3 is 5.73 Å². The Morgan fingerprint density at radius 2 is 2.12 bits per heavy atom. The number of nitrogens with two attached hydrogens (primary N) is 1. The fourth-order valence-corrected chi connectivity index (χ4v) is 1.78. The first-order valence-corrected chi connectivity index (χ1v) is 5.85. The normalized spacial score (nSPS) is 10.4. The Kier molecular flexibility index (Phi) is 3.53. The van der Waals surface area contributed by atoms with Crippen LogP contribution in [-0.2, 0) is 6.54 Å². The van der Waals surface area contributed by atoms with Crippen molar-refractivity contribution < 1.29 is 0 Å². The molecule has 0 radical (unpaired) electrons. The van der Waals surface area contributed by atoms with Gasteiger partial charge in [0.15, 0.2) is 5.82 Å². The predicted octanol–water partition coefficient (Wildman–Crippen LogP) is 3.02. The molecule has 16 heavy (non-hydrogen) atoms. The van der Waals surface area contributed by atoms with E-state index in [2.05, 4.69) is 25.9 Å². The summed E-state index contributed by atoms with van der Waals surface area (Å²) in [5.41, 5.74) is 7.25. The fraction of sp³-hybridized carbons (Fsp3) is 0.0909. The molecule has 0 spiro atoms. The lowest BCUT2D eigenvalue weighted by atomic mass is 10.2. The van der Waals surface area contributed by atoms with Gasteiger partial charge in [-0.15, -0.1) is 0 Å². The largest absolute Gasteiger partial charge is 0.325 e. The van der Waals surface area contributed by atoms with Crippen LogP contribution < -0.4 is 5.73 Å². The predicted molar refractivity (Wildman–Crippen MR) is 68.1 cm³/mol. The van der Waals surface area contributed by atoms with Crippen LogP contribution in [0.4, 0.5) is 0 Å². The van der Waals surface area contributed by atoms with Crippen LogP contribution in [0.5, 0.6) is 0 Å². The second-order valence-corrected chi connectivity index (χ2v) is 4.47. The van der Waals surface area contributed by atoms with Gasteiger partial charge in [0.2, 0.25) is 0 Å². The van der Waals surface area contributed by atoms with Crippen LogP contribution in [0.1, 0.15) is 5.69 Å². The van der Waals surface area contributed by atoms with E-state index in [1.807, 2.05) is 12.1 Å². The summed E-state index contributed by atoms with van der Waals surface area (Å²) in [5, 5.41) is 0.665. The molecule has 3 nitrogen and oxygen atoms in total. The molecule has 1 aromatic heterocycles. The first kappa shape index (κ1) is 11.5. The zero-order valence-electron chi connectivity index (χ0n) is 8.32. The van der Waals surface area contributed by atoms with E-state index in [1.165, 1.54) is 0 Å². The Balaban J connectivity index is 2.46. The molecule has 0 saturated carbocycles. The maximum atomic E-state index is 5.92. The molecule has 2 N–H and O–H groups in total. The fourth-order valence-electron chi connectivity index (χ4n) is 1.28. The second-order valence-electron chi connectivity index (χ2n) is 3.20. The molecule has 0 fully saturated rings. The molecule has 0 bridgehead atoms. The topological polar surface area (TPSA) is 51.8 Å². The molecule has 1 aromatic carbocycles. The van der Waals surface area contributed by atoms with Crippen molar-refractivity contribution in [2.45, 2.75) is 6.54 Å². The first-order chi connectivity index (χ1) is 7.70. The van der Waals surface area contributed by atoms with E-state index in [9.17, 15) is 0 Å². The highest BCUT2D eigenvalue weighted by molar-refractivity contribution is 9.10. The minimum atomic E-state index is 0.407. The van der Waals surface area contributed by atoms with Gasteiger partial charge in [-0.1, -0.05) is 11.6 Å². The Labute approximate surface area is 107 Å². The zero-order valence-corrected chi connectivity index (χ0v) is 10.7. The van der Waals surface area contributed by atoms with E-state index in [-0.39, 0.29) is 0 Å². The van der Waals surface area contributed by atoms with E-state index in [4.69, 9.17) is 17.3 Å². The summed E-state index contributed by atoms with van der Waals surface area (Å²) < 4.78 is 0.827. The van der Waals surface area contributed by atoms with Gasteiger partial charge in [-0.3, -0.25) is 0 Å². The minimum Gasteiger partial charge on any atom is -0.325 e. The molecule has 0 aliphatic carbocycles. The lowest BCUT2D eigenvalue weighted by molar-refractivity contribution is 0.969. The molecule has 1 heterocycles. The first-order valence-electron chi connectivity index (χ1n) is 4.68. The Morgan fingerprint density at radius 3 is 2.81 bits per heavy atom. The summed E-state index contributed by atoms with van der Waals surface area (Å²) in [6.45, 7) is 0.407. The molecule has 5 heteroatoms. The van der Waals surface area contributed by atoms with E-state index in [0.717, 1.165) is 15.7 Å². The average Bonchev–Trinajstić information content (AvgIpc) is 2.33. The molecule has 2 rings (SSSR count). The molecule has 0 saturated heterocycles. The van der Waals surface area contributed by atoms with Crippen LogP contribution >= 0.6 is 27.5 Å². The summed E-state index contributed by atoms with van der Waals surface area (Å²) in [6.07, 6.45) is 1.70. The second kappa shape index (κ2) is 4.91. The summed E-state index contributed by atoms with van der Waals surface area (Å²) in [7, 11) is 0. The molecule has 0 unspecified atom stereocenters. The Morgan fingerprint density at radius 1 is 1.31 bits per heavy atom. The van der Waals surface area contributed by atoms with Gasteiger partial charge in [0.05, 0.1) is 10.7 Å². The molecular formula is C11H9BrClN3. The highest BCUT2D eigenvalue weighted by Crippen LogP contribution is 2.27. The van der Waals surface area contributed by atoms with Crippen LogP contribution in [0.3, 0.4) is 0 Å². The van der Waals surface area contributed by atoms with Crippen molar-refractivity contribution in [2.24, 2.45) is 5.73 Å². The van der Waals surface area contributed by atoms with Gasteiger partial charge in [-0.05, 0) is 40.2 Å². The third-order valence-electron chi connectivity index (χ3n) is 2.10. The smallest absolute Gasteiger partial charge is 0.159 e. The van der Waals surface area contributed by atoms with Crippen molar-refractivity contribution in [3.05, 3.63) is 45.7 Å². The summed E-state index contributed by atoms with van der Waals surface area (Å²) in [6, 6.07) is 7.37. The van der Waals surface area contributed by atoms with Crippen molar-refractivity contribution in [3.63, 3.8) is 0 Å². The van der Waals surface area contributed by atoms with Gasteiger partial charge in [0.25, 0.3) is 0 Å². The maximum Gasteiger partial charge on any atom is 0.159 e. The van der Waals surface area contributed by atoms with E-state index < -0.39 is 0 Å². The van der Waals surface area contributed by atoms with Crippen molar-refractivity contribution in [1.29, 1.82) is 0 Å². The van der Waals surface area contributed by atoms with Gasteiger partial charge in [0, 0.05) is 22.8 Å². The lowest BCUT2D eigenvalue weighted by Crippen LogP contribution is -2.01. The summed E-state index contributed by atoms with van der Waals surface area (Å²) >= 11 is 9.29. The average molecular weight is 299 g/mol. The number of hydrogen-bond donors (Lipinski definition) is 1. The number of halogens is 2. The number of rotatable bonds is 2. The molecule has 2 aromatic rings. The quantitative estimate of drug-likeness (QED) is 0.927. The van der Waals surface area contributed by atoms with Gasteiger partial charge >= 0.3 is 0 Å². The standard InChI is InChI=1S/C11H9BrClN3/c12-9-5-7(1-2-10(9)13)11-15-4-3-8(6-14)16-11/h1-5H,6,14H2. The van der Waals surface area contributed by atoms with Gasteiger partial charge in [-0.25, -0.2) is 9.97 Å². The van der Waals surface area contributed by atoms with Crippen LogP contribution in [0, 0.1) is 0 Å². The van der Waals surface area contributed by atoms with Crippen molar-refractivity contribution >= 4 is 27.5 Å². The molecule has 82 valence electrons. The number of benzene rings is 1. The monoisotopic (exact) mass is 297 g/mol. The van der Waals surface area contributed by atoms with Crippen LogP contribution in [0.2, 0.25) is 5.02 Å². The van der Waals surface area contributed by atoms with Gasteiger partial charge in [-0.2, -0.15) is 0 Å². The number of nitrogens with zero attached hydrogens (tertiary/aromatic N) is 2. The third-order valence-corrected chi connectivity index (χ3v) is 3.31. The number of aromatic nitrogens is 2. The van der Waals surface area contributed by atoms with Crippen molar-refractivity contribution in [1.82, 2.24) is 9.97 Å². The van der Waals surface area contributed by atoms with Crippen LogP contribution in [0.15, 0.2) is 34.9 Å². The van der Waals surface area contributed by atoms with Crippen molar-refractivity contribution in [2.75, 3.05) is 0 Å². The molecular weight excluding hydrogens is 289 g/mol. The maximum absolute atomic E-state index is 5.92. The summed E-state index contributed by atoms with van der Waals surface area (Å²) in [4.78, 5) is 8.53. The number of hydrogen-bond acceptors (Lipinski definition) is 3. The Hall–Kier alpha value is -0.970.